The van der Waals surface area contributed by atoms with Gasteiger partial charge in [-0.05, 0) is 44.2 Å². The third kappa shape index (κ3) is 4.76. The number of aromatic nitrogens is 1. The maximum Gasteiger partial charge on any atom is 0.286 e. The van der Waals surface area contributed by atoms with Gasteiger partial charge in [-0.1, -0.05) is 12.1 Å². The van der Waals surface area contributed by atoms with Crippen LogP contribution in [0.2, 0.25) is 0 Å². The summed E-state index contributed by atoms with van der Waals surface area (Å²) in [6.07, 6.45) is 3.84. The molecule has 3 rings (SSSR count). The van der Waals surface area contributed by atoms with Crippen LogP contribution in [0.5, 0.6) is 5.75 Å². The highest BCUT2D eigenvalue weighted by molar-refractivity contribution is 5.94. The van der Waals surface area contributed by atoms with Crippen LogP contribution in [0.3, 0.4) is 0 Å². The van der Waals surface area contributed by atoms with Gasteiger partial charge < -0.3 is 9.94 Å². The smallest absolute Gasteiger partial charge is 0.286 e. The molecule has 1 aromatic heterocycles. The summed E-state index contributed by atoms with van der Waals surface area (Å²) >= 11 is 0. The maximum atomic E-state index is 12.0. The summed E-state index contributed by atoms with van der Waals surface area (Å²) in [6.45, 7) is 3.44. The number of ketones is 1. The molecule has 0 bridgehead atoms. The van der Waals surface area contributed by atoms with E-state index in [0.29, 0.717) is 47.5 Å². The van der Waals surface area contributed by atoms with Gasteiger partial charge in [0.2, 0.25) is 0 Å². The zero-order valence-corrected chi connectivity index (χ0v) is 15.7. The first-order valence-corrected chi connectivity index (χ1v) is 9.30. The van der Waals surface area contributed by atoms with Gasteiger partial charge >= 0.3 is 0 Å². The van der Waals surface area contributed by atoms with Gasteiger partial charge in [0.05, 0.1) is 30.7 Å². The van der Waals surface area contributed by atoms with Crippen molar-refractivity contribution in [2.75, 3.05) is 24.6 Å². The SMILES string of the molecule is CC(=O)c1cccc(OCCC2CCN(c3cc([N+](=O)[O-])cc[n+]3[O-])CC2)c1. The highest BCUT2D eigenvalue weighted by Crippen LogP contribution is 2.25. The van der Waals surface area contributed by atoms with Gasteiger partial charge in [-0.15, -0.1) is 0 Å². The molecule has 8 nitrogen and oxygen atoms in total. The van der Waals surface area contributed by atoms with Crippen molar-refractivity contribution < 1.29 is 19.2 Å². The predicted molar refractivity (Wildman–Crippen MR) is 104 cm³/mol. The number of nitro groups is 1. The molecule has 1 aliphatic rings. The third-order valence-corrected chi connectivity index (χ3v) is 5.07. The highest BCUT2D eigenvalue weighted by Gasteiger charge is 2.27. The molecule has 0 N–H and O–H groups in total. The quantitative estimate of drug-likeness (QED) is 0.239. The Morgan fingerprint density at radius 1 is 1.29 bits per heavy atom. The predicted octanol–water partition coefficient (Wildman–Crippen LogP) is 3.12. The first kappa shape index (κ1) is 19.6. The minimum atomic E-state index is -0.491. The average Bonchev–Trinajstić information content (AvgIpc) is 2.69. The van der Waals surface area contributed by atoms with Crippen molar-refractivity contribution in [3.8, 4) is 5.75 Å². The van der Waals surface area contributed by atoms with Crippen LogP contribution in [-0.2, 0) is 0 Å². The molecule has 2 heterocycles. The molecule has 0 saturated carbocycles. The highest BCUT2D eigenvalue weighted by atomic mass is 16.6. The number of rotatable bonds is 7. The van der Waals surface area contributed by atoms with E-state index in [1.165, 1.54) is 25.3 Å². The molecule has 1 fully saturated rings. The number of anilines is 1. The lowest BCUT2D eigenvalue weighted by molar-refractivity contribution is -0.593. The van der Waals surface area contributed by atoms with Crippen molar-refractivity contribution >= 4 is 17.3 Å². The molecule has 0 atom stereocenters. The number of benzene rings is 1. The number of ether oxygens (including phenoxy) is 1. The molecular formula is C20H23N3O5. The van der Waals surface area contributed by atoms with E-state index >= 15 is 0 Å². The first-order chi connectivity index (χ1) is 13.4. The number of hydrogen-bond acceptors (Lipinski definition) is 6. The van der Waals surface area contributed by atoms with Gasteiger partial charge in [-0.25, -0.2) is 4.73 Å². The topological polar surface area (TPSA) is 99.6 Å². The van der Waals surface area contributed by atoms with E-state index < -0.39 is 4.92 Å². The number of piperidine rings is 1. The van der Waals surface area contributed by atoms with E-state index in [2.05, 4.69) is 0 Å². The molecule has 1 aromatic carbocycles. The van der Waals surface area contributed by atoms with E-state index in [-0.39, 0.29) is 11.5 Å². The lowest BCUT2D eigenvalue weighted by atomic mass is 9.94. The molecule has 0 spiro atoms. The van der Waals surface area contributed by atoms with Crippen molar-refractivity contribution in [1.29, 1.82) is 0 Å². The largest absolute Gasteiger partial charge is 0.711 e. The van der Waals surface area contributed by atoms with Gasteiger partial charge in [0.15, 0.2) is 5.78 Å². The Bertz CT molecular complexity index is 863. The lowest BCUT2D eigenvalue weighted by Crippen LogP contribution is -2.42. The summed E-state index contributed by atoms with van der Waals surface area (Å²) in [4.78, 5) is 23.8. The molecule has 0 aliphatic carbocycles. The van der Waals surface area contributed by atoms with Gasteiger partial charge in [-0.2, -0.15) is 0 Å². The van der Waals surface area contributed by atoms with Crippen molar-refractivity contribution in [2.45, 2.75) is 26.2 Å². The van der Waals surface area contributed by atoms with Crippen LogP contribution >= 0.6 is 0 Å². The number of carbonyl (C=O) groups is 1. The standard InChI is InChI=1S/C20H23N3O5/c1-15(24)17-3-2-4-19(13-17)28-12-8-16-5-9-21(10-6-16)20-14-18(23(26)27)7-11-22(20)25/h2-4,7,11,13-14,16H,5-6,8-10,12H2,1H3. The second-order valence-electron chi connectivity index (χ2n) is 6.98. The first-order valence-electron chi connectivity index (χ1n) is 9.30. The molecule has 0 amide bonds. The molecular weight excluding hydrogens is 362 g/mol. The van der Waals surface area contributed by atoms with Crippen molar-refractivity contribution in [2.24, 2.45) is 5.92 Å². The molecule has 0 unspecified atom stereocenters. The van der Waals surface area contributed by atoms with E-state index in [4.69, 9.17) is 4.74 Å². The van der Waals surface area contributed by atoms with Crippen LogP contribution in [0.1, 0.15) is 36.5 Å². The molecule has 1 saturated heterocycles. The molecule has 2 aromatic rings. The van der Waals surface area contributed by atoms with Gasteiger partial charge in [0, 0.05) is 5.56 Å². The lowest BCUT2D eigenvalue weighted by Gasteiger charge is -2.29. The number of nitrogens with zero attached hydrogens (tertiary/aromatic N) is 3. The normalized spacial score (nSPS) is 14.7. The van der Waals surface area contributed by atoms with Gasteiger partial charge in [0.25, 0.3) is 11.5 Å². The monoisotopic (exact) mass is 385 g/mol. The summed E-state index contributed by atoms with van der Waals surface area (Å²) < 4.78 is 6.46. The Balaban J connectivity index is 1.50. The summed E-state index contributed by atoms with van der Waals surface area (Å²) in [5.41, 5.74) is 0.555. The summed E-state index contributed by atoms with van der Waals surface area (Å²) in [7, 11) is 0. The van der Waals surface area contributed by atoms with Crippen molar-refractivity contribution in [1.82, 2.24) is 0 Å². The van der Waals surface area contributed by atoms with E-state index in [9.17, 15) is 20.1 Å². The minimum Gasteiger partial charge on any atom is -0.711 e. The summed E-state index contributed by atoms with van der Waals surface area (Å²) in [5, 5.41) is 22.9. The number of hydrogen-bond donors (Lipinski definition) is 0. The molecule has 28 heavy (non-hydrogen) atoms. The van der Waals surface area contributed by atoms with Crippen molar-refractivity contribution in [3.05, 3.63) is 63.5 Å². The molecule has 8 heteroatoms. The summed E-state index contributed by atoms with van der Waals surface area (Å²) in [6, 6.07) is 9.70. The Kier molecular flexibility index (Phi) is 6.08. The van der Waals surface area contributed by atoms with Crippen LogP contribution in [0, 0.1) is 21.2 Å². The number of pyridine rings is 1. The Hall–Kier alpha value is -3.16. The van der Waals surface area contributed by atoms with E-state index in [1.807, 2.05) is 17.0 Å². The minimum absolute atomic E-state index is 0.00887. The average molecular weight is 385 g/mol. The zero-order chi connectivity index (χ0) is 20.1. The molecule has 0 radical (unpaired) electrons. The van der Waals surface area contributed by atoms with Crippen molar-refractivity contribution in [3.63, 3.8) is 0 Å². The van der Waals surface area contributed by atoms with E-state index in [1.54, 1.807) is 12.1 Å². The Labute approximate surface area is 163 Å². The fraction of sp³-hybridized carbons (Fsp3) is 0.400. The van der Waals surface area contributed by atoms with Crippen LogP contribution in [0.25, 0.3) is 0 Å². The second-order valence-corrected chi connectivity index (χ2v) is 6.98. The van der Waals surface area contributed by atoms with Gasteiger partial charge in [0.1, 0.15) is 18.0 Å². The van der Waals surface area contributed by atoms with Crippen LogP contribution in [0.4, 0.5) is 11.5 Å². The van der Waals surface area contributed by atoms with Crippen LogP contribution in [-0.4, -0.2) is 30.4 Å². The fourth-order valence-electron chi connectivity index (χ4n) is 3.41. The van der Waals surface area contributed by atoms with Crippen LogP contribution in [0.15, 0.2) is 42.6 Å². The third-order valence-electron chi connectivity index (χ3n) is 5.07. The molecule has 1 aliphatic heterocycles. The zero-order valence-electron chi connectivity index (χ0n) is 15.7. The van der Waals surface area contributed by atoms with Gasteiger partial charge in [-0.3, -0.25) is 19.8 Å². The summed E-state index contributed by atoms with van der Waals surface area (Å²) in [5.74, 6) is 1.49. The van der Waals surface area contributed by atoms with E-state index in [0.717, 1.165) is 19.3 Å². The Morgan fingerprint density at radius 2 is 2.04 bits per heavy atom. The number of carbonyl (C=O) groups excluding carboxylic acids is 1. The maximum absolute atomic E-state index is 12.0. The number of Topliss-reactive ketones (excluding diaryl/α,β-unsaturated/α-hetero) is 1. The Morgan fingerprint density at radius 3 is 2.71 bits per heavy atom. The van der Waals surface area contributed by atoms with Crippen LogP contribution < -0.4 is 14.4 Å². The second kappa shape index (κ2) is 8.69. The fourth-order valence-corrected chi connectivity index (χ4v) is 3.41. The molecule has 148 valence electrons.